The van der Waals surface area contributed by atoms with Gasteiger partial charge in [-0.2, -0.15) is 0 Å². The lowest BCUT2D eigenvalue weighted by atomic mass is 9.94. The van der Waals surface area contributed by atoms with Crippen molar-refractivity contribution in [3.63, 3.8) is 0 Å². The molecule has 0 radical (unpaired) electrons. The third-order valence-corrected chi connectivity index (χ3v) is 2.12. The first-order chi connectivity index (χ1) is 5.43. The molecule has 0 saturated carbocycles. The van der Waals surface area contributed by atoms with E-state index >= 15 is 0 Å². The Labute approximate surface area is 72.8 Å². The second-order valence-electron chi connectivity index (χ2n) is 2.78. The minimum Gasteiger partial charge on any atom is -0.381 e. The van der Waals surface area contributed by atoms with E-state index in [-0.39, 0.29) is 19.4 Å². The molecular formula is C8H18O4. The van der Waals surface area contributed by atoms with Crippen molar-refractivity contribution in [3.8, 4) is 0 Å². The van der Waals surface area contributed by atoms with Gasteiger partial charge in [-0.15, -0.1) is 0 Å². The van der Waals surface area contributed by atoms with Crippen molar-refractivity contribution in [3.05, 3.63) is 0 Å². The van der Waals surface area contributed by atoms with Crippen LogP contribution in [0.1, 0.15) is 33.6 Å². The van der Waals surface area contributed by atoms with Crippen molar-refractivity contribution in [1.82, 2.24) is 0 Å². The summed E-state index contributed by atoms with van der Waals surface area (Å²) in [5, 5.41) is 28.3. The molecule has 0 rings (SSSR count). The molecule has 0 spiro atoms. The predicted octanol–water partition coefficient (Wildman–Crippen LogP) is 0.212. The molecule has 0 aromatic carbocycles. The number of hydrogen-bond donors (Lipinski definition) is 3. The van der Waals surface area contributed by atoms with E-state index in [4.69, 9.17) is 0 Å². The van der Waals surface area contributed by atoms with Crippen LogP contribution in [0.3, 0.4) is 0 Å². The largest absolute Gasteiger partial charge is 0.381 e. The number of aliphatic hydroxyl groups is 3. The first-order valence-corrected chi connectivity index (χ1v) is 4.24. The summed E-state index contributed by atoms with van der Waals surface area (Å²) in [7, 11) is 0. The maximum absolute atomic E-state index is 9.66. The summed E-state index contributed by atoms with van der Waals surface area (Å²) in [5.74, 6) is -2.44. The summed E-state index contributed by atoms with van der Waals surface area (Å²) < 4.78 is 4.64. The Morgan fingerprint density at radius 3 is 1.67 bits per heavy atom. The molecule has 0 heterocycles. The van der Waals surface area contributed by atoms with Crippen molar-refractivity contribution in [2.45, 2.75) is 45.2 Å². The maximum atomic E-state index is 9.66. The fourth-order valence-electron chi connectivity index (χ4n) is 1.05. The van der Waals surface area contributed by atoms with Gasteiger partial charge in [0, 0.05) is 6.61 Å². The predicted molar refractivity (Wildman–Crippen MR) is 44.3 cm³/mol. The van der Waals surface area contributed by atoms with Gasteiger partial charge in [-0.1, -0.05) is 13.8 Å². The van der Waals surface area contributed by atoms with Crippen molar-refractivity contribution in [2.24, 2.45) is 0 Å². The minimum absolute atomic E-state index is 0.148. The van der Waals surface area contributed by atoms with Gasteiger partial charge in [-0.25, -0.2) is 0 Å². The van der Waals surface area contributed by atoms with Crippen LogP contribution in [0.5, 0.6) is 0 Å². The van der Waals surface area contributed by atoms with Gasteiger partial charge in [0.2, 0.25) is 0 Å². The van der Waals surface area contributed by atoms with Crippen molar-refractivity contribution < 1.29 is 20.1 Å². The van der Waals surface area contributed by atoms with Gasteiger partial charge >= 0.3 is 5.97 Å². The maximum Gasteiger partial charge on any atom is 0.308 e. The van der Waals surface area contributed by atoms with E-state index < -0.39 is 11.6 Å². The number of hydrogen-bond acceptors (Lipinski definition) is 4. The molecule has 0 amide bonds. The Balaban J connectivity index is 4.46. The summed E-state index contributed by atoms with van der Waals surface area (Å²) in [4.78, 5) is 0. The molecular weight excluding hydrogens is 160 g/mol. The number of rotatable bonds is 5. The topological polar surface area (TPSA) is 69.9 Å². The molecule has 0 saturated heterocycles. The van der Waals surface area contributed by atoms with Crippen molar-refractivity contribution in [2.75, 3.05) is 6.61 Å². The molecule has 0 bridgehead atoms. The van der Waals surface area contributed by atoms with E-state index in [1.807, 2.05) is 0 Å². The minimum atomic E-state index is -2.44. The van der Waals surface area contributed by atoms with Crippen LogP contribution in [0.4, 0.5) is 0 Å². The second kappa shape index (κ2) is 4.18. The van der Waals surface area contributed by atoms with Gasteiger partial charge in [0.15, 0.2) is 0 Å². The van der Waals surface area contributed by atoms with Crippen molar-refractivity contribution in [1.29, 1.82) is 0 Å². The Kier molecular flexibility index (Phi) is 4.13. The quantitative estimate of drug-likeness (QED) is 0.526. The van der Waals surface area contributed by atoms with Gasteiger partial charge in [0.1, 0.15) is 5.60 Å². The highest BCUT2D eigenvalue weighted by molar-refractivity contribution is 4.83. The fraction of sp³-hybridized carbons (Fsp3) is 1.00. The van der Waals surface area contributed by atoms with E-state index in [0.717, 1.165) is 0 Å². The third kappa shape index (κ3) is 2.17. The normalized spacial score (nSPS) is 13.5. The van der Waals surface area contributed by atoms with E-state index in [2.05, 4.69) is 4.74 Å². The average molecular weight is 178 g/mol. The van der Waals surface area contributed by atoms with Gasteiger partial charge in [0.25, 0.3) is 0 Å². The zero-order valence-corrected chi connectivity index (χ0v) is 7.87. The molecule has 4 nitrogen and oxygen atoms in total. The molecule has 0 aliphatic rings. The number of ether oxygens (including phenoxy) is 1. The van der Waals surface area contributed by atoms with E-state index in [1.165, 1.54) is 0 Å². The Morgan fingerprint density at radius 2 is 1.42 bits per heavy atom. The highest BCUT2D eigenvalue weighted by atomic mass is 16.8. The van der Waals surface area contributed by atoms with Crippen LogP contribution < -0.4 is 0 Å². The monoisotopic (exact) mass is 178 g/mol. The van der Waals surface area contributed by atoms with Gasteiger partial charge in [-0.05, 0) is 19.8 Å². The van der Waals surface area contributed by atoms with Gasteiger partial charge < -0.3 is 20.1 Å². The van der Waals surface area contributed by atoms with Crippen LogP contribution in [-0.4, -0.2) is 33.5 Å². The van der Waals surface area contributed by atoms with Crippen LogP contribution in [0.2, 0.25) is 0 Å². The lowest BCUT2D eigenvalue weighted by Gasteiger charge is -2.37. The van der Waals surface area contributed by atoms with E-state index in [1.54, 1.807) is 20.8 Å². The molecule has 0 aliphatic carbocycles. The molecule has 12 heavy (non-hydrogen) atoms. The summed E-state index contributed by atoms with van der Waals surface area (Å²) in [6.07, 6.45) is 0.465. The fourth-order valence-corrected chi connectivity index (χ4v) is 1.05. The molecule has 0 unspecified atom stereocenters. The SMILES string of the molecule is CCOC(O)(O)C(O)(CC)CC. The van der Waals surface area contributed by atoms with Crippen LogP contribution in [-0.2, 0) is 4.74 Å². The smallest absolute Gasteiger partial charge is 0.308 e. The van der Waals surface area contributed by atoms with Gasteiger partial charge in [-0.3, -0.25) is 0 Å². The highest BCUT2D eigenvalue weighted by Gasteiger charge is 2.46. The second-order valence-corrected chi connectivity index (χ2v) is 2.78. The Hall–Kier alpha value is -0.160. The van der Waals surface area contributed by atoms with E-state index in [0.29, 0.717) is 0 Å². The van der Waals surface area contributed by atoms with Gasteiger partial charge in [0.05, 0.1) is 0 Å². The lowest BCUT2D eigenvalue weighted by molar-refractivity contribution is -0.409. The molecule has 4 heteroatoms. The van der Waals surface area contributed by atoms with E-state index in [9.17, 15) is 15.3 Å². The molecule has 74 valence electrons. The molecule has 0 aliphatic heterocycles. The van der Waals surface area contributed by atoms with Crippen LogP contribution in [0, 0.1) is 0 Å². The first-order valence-electron chi connectivity index (χ1n) is 4.24. The lowest BCUT2D eigenvalue weighted by Crippen LogP contribution is -2.55. The highest BCUT2D eigenvalue weighted by Crippen LogP contribution is 2.27. The van der Waals surface area contributed by atoms with Crippen LogP contribution in [0.15, 0.2) is 0 Å². The van der Waals surface area contributed by atoms with Crippen LogP contribution in [0.25, 0.3) is 0 Å². The molecule has 0 aromatic heterocycles. The summed E-state index contributed by atoms with van der Waals surface area (Å²) in [6.45, 7) is 5.12. The zero-order valence-electron chi connectivity index (χ0n) is 7.87. The van der Waals surface area contributed by atoms with Crippen molar-refractivity contribution >= 4 is 0 Å². The molecule has 0 aromatic rings. The molecule has 0 atom stereocenters. The summed E-state index contributed by atoms with van der Waals surface area (Å²) >= 11 is 0. The third-order valence-electron chi connectivity index (χ3n) is 2.12. The zero-order chi connectivity index (χ0) is 9.83. The van der Waals surface area contributed by atoms with Crippen LogP contribution >= 0.6 is 0 Å². The standard InChI is InChI=1S/C8H18O4/c1-4-7(9,5-2)8(10,11)12-6-3/h9-11H,4-6H2,1-3H3. The molecule has 0 fully saturated rings. The Bertz CT molecular complexity index is 129. The summed E-state index contributed by atoms with van der Waals surface area (Å²) in [5.41, 5.74) is -1.58. The first kappa shape index (κ1) is 11.8. The summed E-state index contributed by atoms with van der Waals surface area (Å²) in [6, 6.07) is 0. The Morgan fingerprint density at radius 1 is 1.00 bits per heavy atom. The molecule has 3 N–H and O–H groups in total. The average Bonchev–Trinajstić information content (AvgIpc) is 2.02.